The highest BCUT2D eigenvalue weighted by atomic mass is 32.3. The maximum Gasteiger partial charge on any atom is 0.0737 e. The van der Waals surface area contributed by atoms with E-state index in [-0.39, 0.29) is 0 Å². The molecule has 0 amide bonds. The summed E-state index contributed by atoms with van der Waals surface area (Å²) in [6.07, 6.45) is 5.86. The van der Waals surface area contributed by atoms with Gasteiger partial charge in [-0.05, 0) is 29.7 Å². The van der Waals surface area contributed by atoms with Crippen LogP contribution in [0.2, 0.25) is 0 Å². The summed E-state index contributed by atoms with van der Waals surface area (Å²) in [4.78, 5) is 9.06. The van der Waals surface area contributed by atoms with Crippen LogP contribution in [0, 0.1) is 10.4 Å². The highest BCUT2D eigenvalue weighted by molar-refractivity contribution is 8.45. The van der Waals surface area contributed by atoms with E-state index in [1.54, 1.807) is 0 Å². The van der Waals surface area contributed by atoms with Gasteiger partial charge in [-0.25, -0.2) is 0 Å². The van der Waals surface area contributed by atoms with E-state index in [2.05, 4.69) is 42.0 Å². The fraction of sp³-hybridized carbons (Fsp3) is 0.222. The topological polar surface area (TPSA) is 25.8 Å². The number of fused-ring (bicyclic) bond motifs is 2. The molecule has 0 unspecified atom stereocenters. The molecule has 0 spiro atoms. The molecule has 2 nitrogen and oxygen atoms in total. The molecular weight excluding hydrogens is 372 g/mol. The van der Waals surface area contributed by atoms with Crippen LogP contribution in [-0.2, 0) is 0 Å². The van der Waals surface area contributed by atoms with Gasteiger partial charge in [0.05, 0.1) is 23.8 Å². The zero-order chi connectivity index (χ0) is 16.5. The number of aromatic nitrogens is 2. The van der Waals surface area contributed by atoms with Crippen molar-refractivity contribution in [3.05, 3.63) is 65.8 Å². The number of hydrogen-bond donors (Lipinski definition) is 0. The third kappa shape index (κ3) is 2.94. The molecule has 0 bridgehead atoms. The van der Waals surface area contributed by atoms with Crippen LogP contribution >= 0.6 is 47.0 Å². The summed E-state index contributed by atoms with van der Waals surface area (Å²) >= 11 is 7.73. The lowest BCUT2D eigenvalue weighted by Gasteiger charge is -1.99. The van der Waals surface area contributed by atoms with Gasteiger partial charge in [0.25, 0.3) is 0 Å². The minimum Gasteiger partial charge on any atom is -0.256 e. The molecule has 0 N–H and O–H groups in total. The van der Waals surface area contributed by atoms with Crippen LogP contribution in [0.25, 0.3) is 10.3 Å². The summed E-state index contributed by atoms with van der Waals surface area (Å²) < 4.78 is 4.26. The van der Waals surface area contributed by atoms with Gasteiger partial charge in [0.2, 0.25) is 0 Å². The van der Waals surface area contributed by atoms with Crippen molar-refractivity contribution >= 4 is 57.4 Å². The van der Waals surface area contributed by atoms with Crippen molar-refractivity contribution in [1.29, 1.82) is 0 Å². The Hall–Kier alpha value is -0.820. The Kier molecular flexibility index (Phi) is 4.99. The molecule has 4 rings (SSSR count). The normalized spacial score (nSPS) is 15.5. The van der Waals surface area contributed by atoms with Gasteiger partial charge < -0.3 is 0 Å². The fourth-order valence-electron chi connectivity index (χ4n) is 2.74. The Morgan fingerprint density at radius 3 is 2.38 bits per heavy atom. The summed E-state index contributed by atoms with van der Waals surface area (Å²) in [5.74, 6) is 2.22. The molecule has 122 valence electrons. The van der Waals surface area contributed by atoms with Crippen LogP contribution < -0.4 is 10.6 Å². The molecule has 1 aliphatic carbocycles. The van der Waals surface area contributed by atoms with Crippen LogP contribution in [0.1, 0.15) is 19.5 Å². The second-order valence-electron chi connectivity index (χ2n) is 5.13. The summed E-state index contributed by atoms with van der Waals surface area (Å²) in [5.41, 5.74) is 1.04. The summed E-state index contributed by atoms with van der Waals surface area (Å²) in [6.45, 7) is 4.44. The SMILES string of the molecule is CCSC1=C(SCC)SC(=c2ccnc3c2=c2cccnc2=C3)S1. The van der Waals surface area contributed by atoms with Gasteiger partial charge in [-0.15, -0.1) is 23.5 Å². The van der Waals surface area contributed by atoms with Gasteiger partial charge in [0.1, 0.15) is 0 Å². The molecule has 1 aliphatic heterocycles. The number of pyridine rings is 2. The van der Waals surface area contributed by atoms with Gasteiger partial charge >= 0.3 is 0 Å². The lowest BCUT2D eigenvalue weighted by atomic mass is 10.2. The van der Waals surface area contributed by atoms with Crippen LogP contribution in [0.5, 0.6) is 0 Å². The van der Waals surface area contributed by atoms with Gasteiger partial charge in [0.15, 0.2) is 0 Å². The van der Waals surface area contributed by atoms with E-state index in [4.69, 9.17) is 0 Å². The average molecular weight is 389 g/mol. The Bertz CT molecular complexity index is 1020. The number of hydrogen-bond acceptors (Lipinski definition) is 6. The van der Waals surface area contributed by atoms with Gasteiger partial charge in [-0.1, -0.05) is 43.4 Å². The first-order chi connectivity index (χ1) is 11.8. The van der Waals surface area contributed by atoms with E-state index < -0.39 is 0 Å². The van der Waals surface area contributed by atoms with Crippen LogP contribution in [0.4, 0.5) is 0 Å². The molecular formula is C18H16N2S4. The van der Waals surface area contributed by atoms with E-state index in [0.29, 0.717) is 0 Å². The molecule has 0 radical (unpaired) electrons. The third-order valence-electron chi connectivity index (χ3n) is 3.67. The van der Waals surface area contributed by atoms with Crippen molar-refractivity contribution in [2.45, 2.75) is 13.8 Å². The van der Waals surface area contributed by atoms with Crippen molar-refractivity contribution in [2.75, 3.05) is 11.5 Å². The number of thioether (sulfide) groups is 4. The quantitative estimate of drug-likeness (QED) is 0.668. The zero-order valence-corrected chi connectivity index (χ0v) is 16.7. The zero-order valence-electron chi connectivity index (χ0n) is 13.4. The molecule has 0 saturated heterocycles. The molecule has 2 aromatic rings. The van der Waals surface area contributed by atoms with E-state index in [0.717, 1.165) is 22.5 Å². The van der Waals surface area contributed by atoms with E-state index in [9.17, 15) is 0 Å². The van der Waals surface area contributed by atoms with Crippen LogP contribution in [0.3, 0.4) is 0 Å². The maximum absolute atomic E-state index is 4.57. The predicted molar refractivity (Wildman–Crippen MR) is 111 cm³/mol. The molecule has 2 aliphatic rings. The van der Waals surface area contributed by atoms with Crippen LogP contribution in [-0.4, -0.2) is 21.5 Å². The molecule has 24 heavy (non-hydrogen) atoms. The highest BCUT2D eigenvalue weighted by Gasteiger charge is 2.22. The van der Waals surface area contributed by atoms with E-state index >= 15 is 0 Å². The minimum atomic E-state index is 1.03. The van der Waals surface area contributed by atoms with Crippen molar-refractivity contribution in [3.63, 3.8) is 0 Å². The smallest absolute Gasteiger partial charge is 0.0737 e. The molecule has 3 heterocycles. The lowest BCUT2D eigenvalue weighted by molar-refractivity contribution is 1.22. The second kappa shape index (κ2) is 7.20. The van der Waals surface area contributed by atoms with E-state index in [1.807, 2.05) is 65.5 Å². The van der Waals surface area contributed by atoms with Gasteiger partial charge in [-0.3, -0.25) is 9.97 Å². The fourth-order valence-corrected chi connectivity index (χ4v) is 8.43. The summed E-state index contributed by atoms with van der Waals surface area (Å²) in [7, 11) is 0. The molecule has 0 aromatic carbocycles. The van der Waals surface area contributed by atoms with Gasteiger partial charge in [-0.2, -0.15) is 0 Å². The van der Waals surface area contributed by atoms with Crippen molar-refractivity contribution < 1.29 is 0 Å². The molecule has 2 aromatic heterocycles. The average Bonchev–Trinajstić information content (AvgIpc) is 3.17. The first-order valence-electron chi connectivity index (χ1n) is 7.83. The summed E-state index contributed by atoms with van der Waals surface area (Å²) in [5, 5.41) is 4.75. The highest BCUT2D eigenvalue weighted by Crippen LogP contribution is 2.57. The Balaban J connectivity index is 1.94. The Labute approximate surface area is 158 Å². The first kappa shape index (κ1) is 16.6. The third-order valence-corrected chi connectivity index (χ3v) is 8.99. The van der Waals surface area contributed by atoms with Crippen molar-refractivity contribution in [1.82, 2.24) is 9.97 Å². The maximum atomic E-state index is 4.57. The van der Waals surface area contributed by atoms with E-state index in [1.165, 1.54) is 28.4 Å². The molecule has 6 heteroatoms. The minimum absolute atomic E-state index is 1.03. The van der Waals surface area contributed by atoms with Gasteiger partial charge in [0, 0.05) is 28.0 Å². The monoisotopic (exact) mass is 388 g/mol. The number of rotatable bonds is 4. The first-order valence-corrected chi connectivity index (χ1v) is 11.4. The second-order valence-corrected chi connectivity index (χ2v) is 10.5. The predicted octanol–water partition coefficient (Wildman–Crippen LogP) is 4.08. The molecule has 0 saturated carbocycles. The van der Waals surface area contributed by atoms with Crippen LogP contribution in [0.15, 0.2) is 39.1 Å². The Morgan fingerprint density at radius 1 is 0.917 bits per heavy atom. The summed E-state index contributed by atoms with van der Waals surface area (Å²) in [6, 6.07) is 6.31. The lowest BCUT2D eigenvalue weighted by Crippen LogP contribution is -2.09. The molecule has 0 fully saturated rings. The number of nitrogens with zero attached hydrogens (tertiary/aromatic N) is 2. The molecule has 0 atom stereocenters. The van der Waals surface area contributed by atoms with Crippen molar-refractivity contribution in [3.8, 4) is 0 Å². The van der Waals surface area contributed by atoms with Crippen molar-refractivity contribution in [2.24, 2.45) is 0 Å². The standard InChI is InChI=1S/C18H16N2S4/c1-3-21-17-18(22-4-2)24-16(23-17)12-7-9-20-14-10-13-11(15(12)14)6-5-8-19-13/h5-10H,3-4H2,1-2H3. The largest absolute Gasteiger partial charge is 0.256 e. The Morgan fingerprint density at radius 2 is 1.67 bits per heavy atom.